The molecular formula is C26H33N5O. The predicted octanol–water partition coefficient (Wildman–Crippen LogP) is 4.38. The molecule has 2 aromatic heterocycles. The Balaban J connectivity index is 1.44. The van der Waals surface area contributed by atoms with Gasteiger partial charge in [-0.15, -0.1) is 0 Å². The number of hydrogen-bond acceptors (Lipinski definition) is 6. The molecule has 0 saturated carbocycles. The minimum absolute atomic E-state index is 0.0535. The highest BCUT2D eigenvalue weighted by Gasteiger charge is 2.35. The number of aryl methyl sites for hydroxylation is 1. The molecule has 0 N–H and O–H groups in total. The second kappa shape index (κ2) is 9.65. The molecule has 1 aromatic carbocycles. The van der Waals surface area contributed by atoms with Gasteiger partial charge in [0.05, 0.1) is 5.69 Å². The van der Waals surface area contributed by atoms with Crippen LogP contribution in [0.4, 0.5) is 5.82 Å². The standard InChI is InChI=1S/C26H33N5O/c1-20-15-24(30(3)4)29-25(28-20)26(2)12-8-14-31(19-26)17-21-9-7-11-23(16-21)32-18-22-10-5-6-13-27-22/h5-7,9-11,13,15-16H,8,12,14,17-19H2,1-4H3. The molecule has 32 heavy (non-hydrogen) atoms. The summed E-state index contributed by atoms with van der Waals surface area (Å²) >= 11 is 0. The van der Waals surface area contributed by atoms with Crippen molar-refractivity contribution in [3.8, 4) is 5.75 Å². The fourth-order valence-corrected chi connectivity index (χ4v) is 4.35. The van der Waals surface area contributed by atoms with Crippen LogP contribution in [0.5, 0.6) is 5.75 Å². The number of pyridine rings is 1. The number of nitrogens with zero attached hydrogens (tertiary/aromatic N) is 5. The van der Waals surface area contributed by atoms with Gasteiger partial charge in [0.15, 0.2) is 0 Å². The average Bonchev–Trinajstić information content (AvgIpc) is 2.78. The molecule has 1 aliphatic heterocycles. The second-order valence-electron chi connectivity index (χ2n) is 9.22. The smallest absolute Gasteiger partial charge is 0.138 e. The number of benzene rings is 1. The molecule has 0 amide bonds. The lowest BCUT2D eigenvalue weighted by Gasteiger charge is -2.39. The monoisotopic (exact) mass is 431 g/mol. The lowest BCUT2D eigenvalue weighted by molar-refractivity contribution is 0.144. The van der Waals surface area contributed by atoms with Gasteiger partial charge in [-0.2, -0.15) is 0 Å². The maximum atomic E-state index is 5.98. The van der Waals surface area contributed by atoms with Crippen LogP contribution in [0.25, 0.3) is 0 Å². The third-order valence-electron chi connectivity index (χ3n) is 6.03. The molecule has 1 atom stereocenters. The van der Waals surface area contributed by atoms with Gasteiger partial charge >= 0.3 is 0 Å². The van der Waals surface area contributed by atoms with Crippen LogP contribution in [-0.2, 0) is 18.6 Å². The third-order valence-corrected chi connectivity index (χ3v) is 6.03. The van der Waals surface area contributed by atoms with E-state index in [1.54, 1.807) is 6.20 Å². The first-order chi connectivity index (χ1) is 15.4. The highest BCUT2D eigenvalue weighted by atomic mass is 16.5. The Kier molecular flexibility index (Phi) is 6.70. The molecule has 6 nitrogen and oxygen atoms in total. The van der Waals surface area contributed by atoms with Crippen LogP contribution in [0, 0.1) is 6.92 Å². The molecule has 168 valence electrons. The van der Waals surface area contributed by atoms with Crippen LogP contribution in [0.2, 0.25) is 0 Å². The summed E-state index contributed by atoms with van der Waals surface area (Å²) in [7, 11) is 4.06. The Labute approximate surface area is 191 Å². The second-order valence-corrected chi connectivity index (χ2v) is 9.22. The molecule has 0 aliphatic carbocycles. The number of rotatable bonds is 7. The highest BCUT2D eigenvalue weighted by molar-refractivity contribution is 5.38. The van der Waals surface area contributed by atoms with Gasteiger partial charge in [0.1, 0.15) is 24.0 Å². The molecule has 1 saturated heterocycles. The van der Waals surface area contributed by atoms with E-state index in [1.807, 2.05) is 44.4 Å². The first-order valence-corrected chi connectivity index (χ1v) is 11.3. The molecule has 4 rings (SSSR count). The van der Waals surface area contributed by atoms with Gasteiger partial charge in [0, 0.05) is 50.6 Å². The molecule has 0 radical (unpaired) electrons. The zero-order valence-electron chi connectivity index (χ0n) is 19.6. The topological polar surface area (TPSA) is 54.4 Å². The Bertz CT molecular complexity index is 1040. The van der Waals surface area contributed by atoms with E-state index in [0.29, 0.717) is 6.61 Å². The zero-order valence-corrected chi connectivity index (χ0v) is 19.6. The Morgan fingerprint density at radius 2 is 1.97 bits per heavy atom. The molecule has 0 bridgehead atoms. The van der Waals surface area contributed by atoms with Crippen molar-refractivity contribution in [3.05, 3.63) is 77.5 Å². The van der Waals surface area contributed by atoms with Crippen molar-refractivity contribution in [2.24, 2.45) is 0 Å². The maximum absolute atomic E-state index is 5.98. The predicted molar refractivity (Wildman–Crippen MR) is 128 cm³/mol. The minimum atomic E-state index is -0.0535. The van der Waals surface area contributed by atoms with Crippen LogP contribution in [-0.4, -0.2) is 47.0 Å². The summed E-state index contributed by atoms with van der Waals surface area (Å²) in [6, 6.07) is 16.3. The van der Waals surface area contributed by atoms with Crippen molar-refractivity contribution in [2.45, 2.75) is 45.3 Å². The van der Waals surface area contributed by atoms with E-state index < -0.39 is 0 Å². The lowest BCUT2D eigenvalue weighted by Crippen LogP contribution is -2.45. The fraction of sp³-hybridized carbons (Fsp3) is 0.423. The largest absolute Gasteiger partial charge is 0.487 e. The van der Waals surface area contributed by atoms with Gasteiger partial charge in [-0.05, 0) is 56.1 Å². The summed E-state index contributed by atoms with van der Waals surface area (Å²) in [6.45, 7) is 7.76. The minimum Gasteiger partial charge on any atom is -0.487 e. The Morgan fingerprint density at radius 3 is 2.75 bits per heavy atom. The van der Waals surface area contributed by atoms with Crippen molar-refractivity contribution in [2.75, 3.05) is 32.1 Å². The molecule has 0 spiro atoms. The average molecular weight is 432 g/mol. The first kappa shape index (κ1) is 22.2. The summed E-state index contributed by atoms with van der Waals surface area (Å²) in [4.78, 5) is 18.6. The quantitative estimate of drug-likeness (QED) is 0.553. The zero-order chi connectivity index (χ0) is 22.6. The van der Waals surface area contributed by atoms with Gasteiger partial charge < -0.3 is 9.64 Å². The van der Waals surface area contributed by atoms with E-state index in [4.69, 9.17) is 14.7 Å². The summed E-state index contributed by atoms with van der Waals surface area (Å²) in [5.74, 6) is 2.81. The van der Waals surface area contributed by atoms with Crippen LogP contribution in [0.3, 0.4) is 0 Å². The van der Waals surface area contributed by atoms with Crippen molar-refractivity contribution < 1.29 is 4.74 Å². The van der Waals surface area contributed by atoms with Gasteiger partial charge in [-0.25, -0.2) is 9.97 Å². The van der Waals surface area contributed by atoms with Crippen molar-refractivity contribution in [3.63, 3.8) is 0 Å². The Morgan fingerprint density at radius 1 is 1.09 bits per heavy atom. The molecule has 1 fully saturated rings. The number of piperidine rings is 1. The molecule has 1 unspecified atom stereocenters. The van der Waals surface area contributed by atoms with E-state index in [2.05, 4.69) is 46.8 Å². The van der Waals surface area contributed by atoms with Gasteiger partial charge in [-0.1, -0.05) is 25.1 Å². The van der Waals surface area contributed by atoms with E-state index in [-0.39, 0.29) is 5.41 Å². The third kappa shape index (κ3) is 5.43. The number of anilines is 1. The van der Waals surface area contributed by atoms with Gasteiger partial charge in [0.2, 0.25) is 0 Å². The van der Waals surface area contributed by atoms with E-state index in [0.717, 1.165) is 61.3 Å². The van der Waals surface area contributed by atoms with Gasteiger partial charge in [-0.3, -0.25) is 9.88 Å². The van der Waals surface area contributed by atoms with Crippen LogP contribution < -0.4 is 9.64 Å². The van der Waals surface area contributed by atoms with Crippen LogP contribution >= 0.6 is 0 Å². The van der Waals surface area contributed by atoms with Crippen molar-refractivity contribution in [1.29, 1.82) is 0 Å². The molecule has 1 aliphatic rings. The molecule has 6 heteroatoms. The lowest BCUT2D eigenvalue weighted by atomic mass is 9.80. The molecular weight excluding hydrogens is 398 g/mol. The normalized spacial score (nSPS) is 19.0. The summed E-state index contributed by atoms with van der Waals surface area (Å²) < 4.78 is 5.98. The molecule has 3 heterocycles. The number of aromatic nitrogens is 3. The van der Waals surface area contributed by atoms with Gasteiger partial charge in [0.25, 0.3) is 0 Å². The van der Waals surface area contributed by atoms with Crippen LogP contribution in [0.15, 0.2) is 54.7 Å². The van der Waals surface area contributed by atoms with E-state index in [1.165, 1.54) is 5.56 Å². The van der Waals surface area contributed by atoms with E-state index >= 15 is 0 Å². The Hall–Kier alpha value is -2.99. The van der Waals surface area contributed by atoms with Crippen molar-refractivity contribution >= 4 is 5.82 Å². The maximum Gasteiger partial charge on any atom is 0.138 e. The fourth-order valence-electron chi connectivity index (χ4n) is 4.35. The van der Waals surface area contributed by atoms with Crippen molar-refractivity contribution in [1.82, 2.24) is 19.9 Å². The number of ether oxygens (including phenoxy) is 1. The first-order valence-electron chi connectivity index (χ1n) is 11.3. The van der Waals surface area contributed by atoms with Crippen LogP contribution in [0.1, 0.15) is 42.5 Å². The van der Waals surface area contributed by atoms with E-state index in [9.17, 15) is 0 Å². The number of hydrogen-bond donors (Lipinski definition) is 0. The molecule has 3 aromatic rings. The summed E-state index contributed by atoms with van der Waals surface area (Å²) in [5, 5.41) is 0. The summed E-state index contributed by atoms with van der Waals surface area (Å²) in [6.07, 6.45) is 4.04. The summed E-state index contributed by atoms with van der Waals surface area (Å²) in [5.41, 5.74) is 3.16. The SMILES string of the molecule is Cc1cc(N(C)C)nc(C2(C)CCCN(Cc3cccc(OCc4ccccn4)c3)C2)n1. The number of likely N-dealkylation sites (tertiary alicyclic amines) is 1. The highest BCUT2D eigenvalue weighted by Crippen LogP contribution is 2.33.